The lowest BCUT2D eigenvalue weighted by atomic mass is 10.1. The molecule has 0 radical (unpaired) electrons. The standard InChI is InChI=1S/C12H12O/c1-2-3-5-10-7-8-12-11(10)6-4-9-13-12/h2,4,6-9H,1,3,5H2. The van der Waals surface area contributed by atoms with Crippen molar-refractivity contribution >= 4 is 0 Å². The zero-order valence-electron chi connectivity index (χ0n) is 7.49. The summed E-state index contributed by atoms with van der Waals surface area (Å²) in [6.45, 7) is 3.72. The summed E-state index contributed by atoms with van der Waals surface area (Å²) in [7, 11) is 0. The van der Waals surface area contributed by atoms with E-state index in [-0.39, 0.29) is 0 Å². The van der Waals surface area contributed by atoms with Crippen molar-refractivity contribution in [2.24, 2.45) is 0 Å². The van der Waals surface area contributed by atoms with Crippen LogP contribution in [0.3, 0.4) is 0 Å². The maximum absolute atomic E-state index is 5.35. The van der Waals surface area contributed by atoms with Crippen LogP contribution in [0, 0.1) is 0 Å². The minimum Gasteiger partial charge on any atom is -0.464 e. The second kappa shape index (κ2) is 3.48. The van der Waals surface area contributed by atoms with Crippen molar-refractivity contribution in [1.29, 1.82) is 0 Å². The van der Waals surface area contributed by atoms with E-state index in [1.807, 2.05) is 18.2 Å². The quantitative estimate of drug-likeness (QED) is 0.646. The maximum Gasteiger partial charge on any atom is 0.134 e. The molecule has 13 heavy (non-hydrogen) atoms. The Hall–Kier alpha value is -1.50. The molecule has 0 saturated heterocycles. The summed E-state index contributed by atoms with van der Waals surface area (Å²) >= 11 is 0. The van der Waals surface area contributed by atoms with Gasteiger partial charge in [-0.3, -0.25) is 0 Å². The third-order valence-electron chi connectivity index (χ3n) is 2.20. The number of aryl methyl sites for hydroxylation is 1. The molecular formula is C12H12O. The fraction of sp³-hybridized carbons (Fsp3) is 0.167. The third kappa shape index (κ3) is 1.50. The van der Waals surface area contributed by atoms with Gasteiger partial charge < -0.3 is 4.42 Å². The Morgan fingerprint density at radius 2 is 2.23 bits per heavy atom. The van der Waals surface area contributed by atoms with Gasteiger partial charge in [-0.1, -0.05) is 12.1 Å². The van der Waals surface area contributed by atoms with Gasteiger partial charge in [0.1, 0.15) is 5.76 Å². The Bertz CT molecular complexity index is 373. The van der Waals surface area contributed by atoms with Gasteiger partial charge in [-0.05, 0) is 36.6 Å². The summed E-state index contributed by atoms with van der Waals surface area (Å²) < 4.78 is 5.35. The van der Waals surface area contributed by atoms with Crippen LogP contribution >= 0.6 is 0 Å². The molecule has 0 spiro atoms. The zero-order valence-corrected chi connectivity index (χ0v) is 7.49. The number of rotatable bonds is 3. The van der Waals surface area contributed by atoms with Crippen LogP contribution in [0.2, 0.25) is 0 Å². The lowest BCUT2D eigenvalue weighted by Crippen LogP contribution is -1.82. The van der Waals surface area contributed by atoms with E-state index in [9.17, 15) is 0 Å². The van der Waals surface area contributed by atoms with E-state index in [1.54, 1.807) is 6.26 Å². The molecule has 2 aliphatic rings. The molecule has 2 rings (SSSR count). The highest BCUT2D eigenvalue weighted by Gasteiger charge is 2.08. The number of allylic oxidation sites excluding steroid dienone is 1. The average molecular weight is 172 g/mol. The van der Waals surface area contributed by atoms with Gasteiger partial charge in [0, 0.05) is 5.56 Å². The summed E-state index contributed by atoms with van der Waals surface area (Å²) in [5.41, 5.74) is 2.57. The van der Waals surface area contributed by atoms with E-state index in [4.69, 9.17) is 4.42 Å². The second-order valence-corrected chi connectivity index (χ2v) is 3.08. The van der Waals surface area contributed by atoms with Crippen LogP contribution in [0.4, 0.5) is 0 Å². The van der Waals surface area contributed by atoms with Gasteiger partial charge in [-0.15, -0.1) is 6.58 Å². The van der Waals surface area contributed by atoms with Gasteiger partial charge in [0.15, 0.2) is 0 Å². The van der Waals surface area contributed by atoms with Gasteiger partial charge in [0.05, 0.1) is 6.26 Å². The smallest absolute Gasteiger partial charge is 0.134 e. The molecule has 66 valence electrons. The molecule has 1 aliphatic carbocycles. The summed E-state index contributed by atoms with van der Waals surface area (Å²) in [5, 5.41) is 0. The monoisotopic (exact) mass is 172 g/mol. The van der Waals surface area contributed by atoms with Crippen LogP contribution in [-0.2, 0) is 6.42 Å². The van der Waals surface area contributed by atoms with Gasteiger partial charge in [0.2, 0.25) is 0 Å². The van der Waals surface area contributed by atoms with Gasteiger partial charge in [-0.25, -0.2) is 0 Å². The Morgan fingerprint density at radius 3 is 3.08 bits per heavy atom. The van der Waals surface area contributed by atoms with E-state index in [1.165, 1.54) is 11.1 Å². The van der Waals surface area contributed by atoms with Crippen molar-refractivity contribution in [3.63, 3.8) is 0 Å². The third-order valence-corrected chi connectivity index (χ3v) is 2.20. The van der Waals surface area contributed by atoms with Crippen LogP contribution in [0.5, 0.6) is 0 Å². The molecule has 1 nitrogen and oxygen atoms in total. The molecule has 0 fully saturated rings. The molecule has 0 N–H and O–H groups in total. The van der Waals surface area contributed by atoms with E-state index in [2.05, 4.69) is 18.7 Å². The largest absolute Gasteiger partial charge is 0.464 e. The van der Waals surface area contributed by atoms with Crippen molar-refractivity contribution in [3.05, 3.63) is 48.7 Å². The molecule has 1 aliphatic heterocycles. The molecule has 1 heteroatoms. The minimum absolute atomic E-state index is 0.974. The van der Waals surface area contributed by atoms with E-state index in [0.717, 1.165) is 18.6 Å². The highest BCUT2D eigenvalue weighted by atomic mass is 16.3. The fourth-order valence-electron chi connectivity index (χ4n) is 1.53. The first-order chi connectivity index (χ1) is 6.42. The van der Waals surface area contributed by atoms with Crippen LogP contribution in [0.25, 0.3) is 11.3 Å². The molecule has 0 aromatic heterocycles. The molecule has 0 atom stereocenters. The molecule has 0 unspecified atom stereocenters. The van der Waals surface area contributed by atoms with Crippen molar-refractivity contribution in [1.82, 2.24) is 0 Å². The summed E-state index contributed by atoms with van der Waals surface area (Å²) in [5.74, 6) is 0.974. The van der Waals surface area contributed by atoms with Gasteiger partial charge in [0.25, 0.3) is 0 Å². The van der Waals surface area contributed by atoms with Crippen molar-refractivity contribution in [2.45, 2.75) is 12.8 Å². The second-order valence-electron chi connectivity index (χ2n) is 3.08. The molecule has 0 bridgehead atoms. The molecule has 0 aromatic rings. The Morgan fingerprint density at radius 1 is 1.31 bits per heavy atom. The molecule has 0 saturated carbocycles. The number of hydrogen-bond acceptors (Lipinski definition) is 1. The van der Waals surface area contributed by atoms with Crippen molar-refractivity contribution in [3.8, 4) is 11.3 Å². The Balaban J connectivity index is 2.32. The number of hydrogen-bond donors (Lipinski definition) is 0. The highest BCUT2D eigenvalue weighted by Crippen LogP contribution is 2.28. The lowest BCUT2D eigenvalue weighted by Gasteiger charge is -2.00. The normalized spacial score (nSPS) is 10.5. The van der Waals surface area contributed by atoms with Crippen LogP contribution in [0.15, 0.2) is 47.6 Å². The first kappa shape index (κ1) is 8.11. The van der Waals surface area contributed by atoms with Crippen LogP contribution < -0.4 is 0 Å². The first-order valence-electron chi connectivity index (χ1n) is 4.48. The van der Waals surface area contributed by atoms with Gasteiger partial charge >= 0.3 is 0 Å². The SMILES string of the molecule is C=CCCc1ccc2occcc1-2. The molecular weight excluding hydrogens is 160 g/mol. The summed E-state index contributed by atoms with van der Waals surface area (Å²) in [4.78, 5) is 0. The first-order valence-corrected chi connectivity index (χ1v) is 4.48. The molecule has 1 heterocycles. The highest BCUT2D eigenvalue weighted by molar-refractivity contribution is 5.65. The van der Waals surface area contributed by atoms with Crippen molar-refractivity contribution in [2.75, 3.05) is 0 Å². The summed E-state index contributed by atoms with van der Waals surface area (Å²) in [6, 6.07) is 8.17. The van der Waals surface area contributed by atoms with E-state index in [0.29, 0.717) is 0 Å². The van der Waals surface area contributed by atoms with Gasteiger partial charge in [-0.2, -0.15) is 0 Å². The average Bonchev–Trinajstić information content (AvgIpc) is 2.58. The Kier molecular flexibility index (Phi) is 2.17. The fourth-order valence-corrected chi connectivity index (χ4v) is 1.53. The van der Waals surface area contributed by atoms with E-state index < -0.39 is 0 Å². The van der Waals surface area contributed by atoms with E-state index >= 15 is 0 Å². The Labute approximate surface area is 78.0 Å². The number of fused-ring (bicyclic) bond motifs is 1. The molecule has 0 aromatic carbocycles. The predicted octanol–water partition coefficient (Wildman–Crippen LogP) is 3.50. The van der Waals surface area contributed by atoms with Crippen LogP contribution in [-0.4, -0.2) is 0 Å². The van der Waals surface area contributed by atoms with Crippen LogP contribution in [0.1, 0.15) is 12.0 Å². The topological polar surface area (TPSA) is 13.1 Å². The minimum atomic E-state index is 0.974. The summed E-state index contributed by atoms with van der Waals surface area (Å²) in [6.07, 6.45) is 5.72. The molecule has 0 amide bonds. The zero-order chi connectivity index (χ0) is 9.10. The predicted molar refractivity (Wildman–Crippen MR) is 53.8 cm³/mol. The van der Waals surface area contributed by atoms with Crippen molar-refractivity contribution < 1.29 is 4.42 Å². The lowest BCUT2D eigenvalue weighted by molar-refractivity contribution is 0.566. The maximum atomic E-state index is 5.35.